The first-order valence-electron chi connectivity index (χ1n) is 11.3. The minimum Gasteiger partial charge on any atom is -0.496 e. The van der Waals surface area contributed by atoms with Crippen molar-refractivity contribution in [1.82, 2.24) is 9.62 Å². The minimum atomic E-state index is -3.31. The summed E-state index contributed by atoms with van der Waals surface area (Å²) in [6.07, 6.45) is 10.1. The molecule has 7 heteroatoms. The number of hydrogen-bond acceptors (Lipinski definition) is 5. The van der Waals surface area contributed by atoms with Crippen LogP contribution in [0, 0.1) is 0 Å². The molecule has 1 aromatic carbocycles. The largest absolute Gasteiger partial charge is 0.496 e. The van der Waals surface area contributed by atoms with Gasteiger partial charge in [-0.2, -0.15) is 0 Å². The van der Waals surface area contributed by atoms with Crippen LogP contribution in [0.25, 0.3) is 0 Å². The van der Waals surface area contributed by atoms with E-state index >= 15 is 0 Å². The van der Waals surface area contributed by atoms with E-state index in [1.54, 1.807) is 0 Å². The van der Waals surface area contributed by atoms with Gasteiger partial charge in [0, 0.05) is 6.54 Å². The first-order valence-corrected chi connectivity index (χ1v) is 13.2. The molecule has 0 aromatic heterocycles. The zero-order valence-corrected chi connectivity index (χ0v) is 18.9. The first-order chi connectivity index (χ1) is 14.4. The van der Waals surface area contributed by atoms with Gasteiger partial charge in [0.25, 0.3) is 0 Å². The molecule has 1 unspecified atom stereocenters. The van der Waals surface area contributed by atoms with Crippen LogP contribution in [0.1, 0.15) is 63.4 Å². The Morgan fingerprint density at radius 1 is 1.13 bits per heavy atom. The Kier molecular flexibility index (Phi) is 6.58. The van der Waals surface area contributed by atoms with E-state index in [-0.39, 0.29) is 18.2 Å². The summed E-state index contributed by atoms with van der Waals surface area (Å²) in [7, 11) is -3.31. The molecular weight excluding hydrogens is 400 g/mol. The molecule has 1 aliphatic carbocycles. The lowest BCUT2D eigenvalue weighted by atomic mass is 9.82. The van der Waals surface area contributed by atoms with Crippen LogP contribution in [-0.4, -0.2) is 50.9 Å². The number of para-hydroxylation sites is 1. The van der Waals surface area contributed by atoms with Crippen LogP contribution in [0.2, 0.25) is 0 Å². The molecule has 3 aliphatic heterocycles. The monoisotopic (exact) mass is 434 g/mol. The fraction of sp³-hybridized carbons (Fsp3) is 0.652. The Balaban J connectivity index is 1.67. The number of piperidine rings is 1. The SMILES string of the molecule is CC[C@H]1CN2CCCC(NS(C)(=O)=O)/C2=C/OC2CCC(CC2)c2ccccc2O1. The quantitative estimate of drug-likeness (QED) is 0.785. The molecule has 0 spiro atoms. The number of nitrogens with zero attached hydrogens (tertiary/aromatic N) is 1. The third-order valence-corrected chi connectivity index (χ3v) is 7.30. The zero-order chi connectivity index (χ0) is 21.1. The summed E-state index contributed by atoms with van der Waals surface area (Å²) in [6.45, 7) is 3.75. The molecule has 1 aromatic rings. The van der Waals surface area contributed by atoms with Gasteiger partial charge in [-0.3, -0.25) is 0 Å². The molecule has 6 nitrogen and oxygen atoms in total. The molecule has 0 radical (unpaired) electrons. The van der Waals surface area contributed by atoms with Gasteiger partial charge < -0.3 is 14.4 Å². The van der Waals surface area contributed by atoms with Crippen molar-refractivity contribution in [3.05, 3.63) is 41.8 Å². The van der Waals surface area contributed by atoms with Gasteiger partial charge in [-0.05, 0) is 62.5 Å². The van der Waals surface area contributed by atoms with Gasteiger partial charge in [-0.15, -0.1) is 0 Å². The van der Waals surface area contributed by atoms with E-state index in [0.717, 1.165) is 69.5 Å². The maximum absolute atomic E-state index is 12.0. The summed E-state index contributed by atoms with van der Waals surface area (Å²) >= 11 is 0. The van der Waals surface area contributed by atoms with E-state index in [0.29, 0.717) is 5.92 Å². The van der Waals surface area contributed by atoms with Crippen LogP contribution < -0.4 is 9.46 Å². The van der Waals surface area contributed by atoms with Crippen molar-refractivity contribution in [2.45, 2.75) is 76.0 Å². The van der Waals surface area contributed by atoms with Crippen molar-refractivity contribution < 1.29 is 17.9 Å². The summed E-state index contributed by atoms with van der Waals surface area (Å²) in [5.41, 5.74) is 2.25. The number of ether oxygens (including phenoxy) is 2. The summed E-state index contributed by atoms with van der Waals surface area (Å²) in [5, 5.41) is 0. The van der Waals surface area contributed by atoms with Crippen LogP contribution in [-0.2, 0) is 14.8 Å². The lowest BCUT2D eigenvalue weighted by Crippen LogP contribution is -2.48. The highest BCUT2D eigenvalue weighted by Crippen LogP contribution is 2.39. The number of benzene rings is 1. The number of rotatable bonds is 3. The Bertz CT molecular complexity index is 862. The van der Waals surface area contributed by atoms with Gasteiger partial charge in [0.15, 0.2) is 0 Å². The van der Waals surface area contributed by atoms with E-state index in [1.165, 1.54) is 11.8 Å². The smallest absolute Gasteiger partial charge is 0.209 e. The summed E-state index contributed by atoms with van der Waals surface area (Å²) in [5.74, 6) is 1.51. The Morgan fingerprint density at radius 2 is 1.90 bits per heavy atom. The molecule has 30 heavy (non-hydrogen) atoms. The van der Waals surface area contributed by atoms with Crippen molar-refractivity contribution in [2.24, 2.45) is 0 Å². The lowest BCUT2D eigenvalue weighted by Gasteiger charge is -2.38. The standard InChI is InChI=1S/C23H34N2O4S/c1-3-18-15-25-14-6-8-21(24-30(2,26)27)22(25)16-28-19-12-10-17(11-13-19)20-7-4-5-9-23(20)29-18/h4-5,7,9,16-19,21,24H,3,6,8,10-15H2,1-2H3/b22-16-/t17?,18-,19?,21?/m0/s1. The van der Waals surface area contributed by atoms with Gasteiger partial charge in [-0.1, -0.05) is 25.1 Å². The van der Waals surface area contributed by atoms with Crippen LogP contribution >= 0.6 is 0 Å². The third-order valence-electron chi connectivity index (χ3n) is 6.59. The van der Waals surface area contributed by atoms with E-state index in [4.69, 9.17) is 9.47 Å². The number of fused-ring (bicyclic) bond motifs is 5. The summed E-state index contributed by atoms with van der Waals surface area (Å²) in [6, 6.07) is 8.22. The van der Waals surface area contributed by atoms with E-state index in [1.807, 2.05) is 6.26 Å². The molecule has 2 fully saturated rings. The van der Waals surface area contributed by atoms with Crippen molar-refractivity contribution >= 4 is 10.0 Å². The molecule has 1 N–H and O–H groups in total. The second-order valence-corrected chi connectivity index (χ2v) is 10.6. The van der Waals surface area contributed by atoms with Gasteiger partial charge >= 0.3 is 0 Å². The fourth-order valence-corrected chi connectivity index (χ4v) is 5.75. The van der Waals surface area contributed by atoms with E-state index < -0.39 is 10.0 Å². The number of sulfonamides is 1. The summed E-state index contributed by atoms with van der Waals surface area (Å²) in [4.78, 5) is 2.26. The minimum absolute atomic E-state index is 0.0319. The molecule has 1 saturated heterocycles. The van der Waals surface area contributed by atoms with Crippen molar-refractivity contribution in [3.63, 3.8) is 0 Å². The van der Waals surface area contributed by atoms with Crippen molar-refractivity contribution in [1.29, 1.82) is 0 Å². The van der Waals surface area contributed by atoms with Gasteiger partial charge in [-0.25, -0.2) is 13.1 Å². The summed E-state index contributed by atoms with van der Waals surface area (Å²) < 4.78 is 39.5. The molecule has 2 bridgehead atoms. The molecule has 0 amide bonds. The second-order valence-electron chi connectivity index (χ2n) is 8.87. The first kappa shape index (κ1) is 21.5. The van der Waals surface area contributed by atoms with Crippen molar-refractivity contribution in [2.75, 3.05) is 19.3 Å². The number of hydrogen-bond donors (Lipinski definition) is 1. The number of nitrogens with one attached hydrogen (secondary N) is 1. The van der Waals surface area contributed by atoms with Crippen molar-refractivity contribution in [3.8, 4) is 5.75 Å². The average molecular weight is 435 g/mol. The topological polar surface area (TPSA) is 67.9 Å². The van der Waals surface area contributed by atoms with Crippen LogP contribution in [0.3, 0.4) is 0 Å². The van der Waals surface area contributed by atoms with E-state index in [2.05, 4.69) is 40.8 Å². The van der Waals surface area contributed by atoms with Crippen LogP contribution in [0.4, 0.5) is 0 Å². The lowest BCUT2D eigenvalue weighted by molar-refractivity contribution is 0.0883. The highest BCUT2D eigenvalue weighted by Gasteiger charge is 2.32. The van der Waals surface area contributed by atoms with E-state index in [9.17, 15) is 8.42 Å². The Hall–Kier alpha value is -1.73. The molecular formula is C23H34N2O4S. The maximum atomic E-state index is 12.0. The average Bonchev–Trinajstić information content (AvgIpc) is 2.74. The van der Waals surface area contributed by atoms with Gasteiger partial charge in [0.2, 0.25) is 10.0 Å². The zero-order valence-electron chi connectivity index (χ0n) is 18.0. The van der Waals surface area contributed by atoms with Crippen LogP contribution in [0.5, 0.6) is 5.75 Å². The van der Waals surface area contributed by atoms with Crippen LogP contribution in [0.15, 0.2) is 36.2 Å². The second kappa shape index (κ2) is 9.18. The highest BCUT2D eigenvalue weighted by atomic mass is 32.2. The maximum Gasteiger partial charge on any atom is 0.209 e. The Morgan fingerprint density at radius 3 is 2.63 bits per heavy atom. The molecule has 1 saturated carbocycles. The molecule has 166 valence electrons. The normalized spacial score (nSPS) is 31.5. The van der Waals surface area contributed by atoms with Gasteiger partial charge in [0.05, 0.1) is 30.6 Å². The predicted octanol–water partition coefficient (Wildman–Crippen LogP) is 3.76. The molecule has 2 atom stereocenters. The molecule has 5 rings (SSSR count). The Labute approximate surface area is 180 Å². The predicted molar refractivity (Wildman–Crippen MR) is 118 cm³/mol. The molecule has 4 aliphatic rings. The fourth-order valence-electron chi connectivity index (χ4n) is 4.99. The highest BCUT2D eigenvalue weighted by molar-refractivity contribution is 7.88. The van der Waals surface area contributed by atoms with Gasteiger partial charge in [0.1, 0.15) is 18.1 Å². The third kappa shape index (κ3) is 5.11. The molecule has 3 heterocycles.